The smallest absolute Gasteiger partial charge is 0.193 e. The highest BCUT2D eigenvalue weighted by Crippen LogP contribution is 2.30. The molecule has 3 aromatic rings. The molecular formula is C17H16N4S. The molecule has 1 aromatic heterocycles. The molecule has 4 nitrogen and oxygen atoms in total. The van der Waals surface area contributed by atoms with Gasteiger partial charge in [0.2, 0.25) is 0 Å². The van der Waals surface area contributed by atoms with Crippen LogP contribution in [0.1, 0.15) is 6.92 Å². The molecule has 0 aliphatic heterocycles. The van der Waals surface area contributed by atoms with E-state index < -0.39 is 0 Å². The first-order valence-electron chi connectivity index (χ1n) is 7.01. The fourth-order valence-corrected chi connectivity index (χ4v) is 2.54. The van der Waals surface area contributed by atoms with E-state index in [1.807, 2.05) is 62.5 Å². The Bertz CT molecular complexity index is 819. The first kappa shape index (κ1) is 14.4. The molecule has 0 atom stereocenters. The average Bonchev–Trinajstić information content (AvgIpc) is 2.54. The van der Waals surface area contributed by atoms with E-state index in [4.69, 9.17) is 17.2 Å². The summed E-state index contributed by atoms with van der Waals surface area (Å²) in [5, 5.41) is 11.7. The maximum atomic E-state index is 5.43. The minimum Gasteiger partial charge on any atom is -0.330 e. The van der Waals surface area contributed by atoms with E-state index in [-0.39, 0.29) is 0 Å². The van der Waals surface area contributed by atoms with Crippen LogP contribution in [0.15, 0.2) is 53.6 Å². The number of para-hydroxylation sites is 2. The number of aromatic nitrogens is 1. The monoisotopic (exact) mass is 308 g/mol. The third-order valence-corrected chi connectivity index (χ3v) is 3.77. The molecule has 0 aliphatic rings. The summed E-state index contributed by atoms with van der Waals surface area (Å²) in [5.41, 5.74) is 2.84. The molecule has 0 radical (unpaired) electrons. The van der Waals surface area contributed by atoms with Gasteiger partial charge in [-0.05, 0) is 31.3 Å². The van der Waals surface area contributed by atoms with Gasteiger partial charge in [0, 0.05) is 24.0 Å². The largest absolute Gasteiger partial charge is 0.330 e. The van der Waals surface area contributed by atoms with Crippen LogP contribution in [-0.2, 0) is 0 Å². The average molecular weight is 308 g/mol. The molecule has 5 heteroatoms. The summed E-state index contributed by atoms with van der Waals surface area (Å²) in [5.74, 6) is 0. The van der Waals surface area contributed by atoms with Crippen molar-refractivity contribution in [3.05, 3.63) is 48.5 Å². The number of thiocarbonyl (C=S) groups is 1. The predicted octanol–water partition coefficient (Wildman–Crippen LogP) is 4.02. The lowest BCUT2D eigenvalue weighted by Gasteiger charge is -2.18. The van der Waals surface area contributed by atoms with Crippen molar-refractivity contribution >= 4 is 51.0 Å². The molecule has 0 bridgehead atoms. The van der Waals surface area contributed by atoms with E-state index in [0.29, 0.717) is 5.11 Å². The zero-order valence-electron chi connectivity index (χ0n) is 12.4. The van der Waals surface area contributed by atoms with Crippen LogP contribution >= 0.6 is 12.2 Å². The number of anilines is 1. The van der Waals surface area contributed by atoms with Gasteiger partial charge in [0.05, 0.1) is 16.7 Å². The first-order valence-corrected chi connectivity index (χ1v) is 7.42. The Morgan fingerprint density at radius 1 is 1.09 bits per heavy atom. The molecule has 1 N–H and O–H groups in total. The third kappa shape index (κ3) is 2.63. The number of hydrogen-bond donors (Lipinski definition) is 1. The standard InChI is InChI=1S/C17H16N4S/c1-3-18-21(2)17(22)20-16-12-8-4-6-10-14(12)19-15-11-7-5-9-13(15)16/h3-11H,1-2H3,(H,19,20,22). The van der Waals surface area contributed by atoms with Crippen molar-refractivity contribution in [2.45, 2.75) is 6.92 Å². The molecule has 110 valence electrons. The number of benzene rings is 2. The van der Waals surface area contributed by atoms with Gasteiger partial charge < -0.3 is 5.32 Å². The number of fused-ring (bicyclic) bond motifs is 2. The van der Waals surface area contributed by atoms with Gasteiger partial charge in [-0.25, -0.2) is 9.99 Å². The lowest BCUT2D eigenvalue weighted by molar-refractivity contribution is 0.556. The lowest BCUT2D eigenvalue weighted by Crippen LogP contribution is -2.26. The number of nitrogens with one attached hydrogen (secondary N) is 1. The second kappa shape index (κ2) is 6.07. The van der Waals surface area contributed by atoms with Crippen LogP contribution in [0.2, 0.25) is 0 Å². The zero-order valence-corrected chi connectivity index (χ0v) is 13.3. The minimum atomic E-state index is 0.541. The van der Waals surface area contributed by atoms with Gasteiger partial charge >= 0.3 is 0 Å². The highest BCUT2D eigenvalue weighted by atomic mass is 32.1. The van der Waals surface area contributed by atoms with E-state index in [0.717, 1.165) is 27.5 Å². The van der Waals surface area contributed by atoms with Crippen molar-refractivity contribution in [2.24, 2.45) is 5.10 Å². The van der Waals surface area contributed by atoms with Gasteiger partial charge in [-0.1, -0.05) is 36.4 Å². The molecular weight excluding hydrogens is 292 g/mol. The Labute approximate surface area is 134 Å². The van der Waals surface area contributed by atoms with Crippen molar-refractivity contribution in [1.29, 1.82) is 0 Å². The molecule has 0 amide bonds. The zero-order chi connectivity index (χ0) is 15.5. The quantitative estimate of drug-likeness (QED) is 0.336. The van der Waals surface area contributed by atoms with Gasteiger partial charge in [0.25, 0.3) is 0 Å². The Kier molecular flexibility index (Phi) is 3.98. The van der Waals surface area contributed by atoms with E-state index in [1.165, 1.54) is 0 Å². The molecule has 0 saturated carbocycles. The maximum absolute atomic E-state index is 5.43. The van der Waals surface area contributed by atoms with Crippen molar-refractivity contribution in [1.82, 2.24) is 9.99 Å². The molecule has 0 fully saturated rings. The second-order valence-electron chi connectivity index (χ2n) is 4.85. The molecule has 0 spiro atoms. The highest BCUT2D eigenvalue weighted by molar-refractivity contribution is 7.80. The lowest BCUT2D eigenvalue weighted by atomic mass is 10.1. The second-order valence-corrected chi connectivity index (χ2v) is 5.24. The summed E-state index contributed by atoms with van der Waals surface area (Å²) in [6.45, 7) is 1.86. The van der Waals surface area contributed by atoms with Gasteiger partial charge in [0.15, 0.2) is 5.11 Å². The number of pyridine rings is 1. The van der Waals surface area contributed by atoms with Crippen LogP contribution in [0.3, 0.4) is 0 Å². The number of hydrazone groups is 1. The van der Waals surface area contributed by atoms with E-state index in [9.17, 15) is 0 Å². The molecule has 2 aromatic carbocycles. The van der Waals surface area contributed by atoms with Crippen LogP contribution in [0.25, 0.3) is 21.8 Å². The molecule has 0 saturated heterocycles. The van der Waals surface area contributed by atoms with Crippen LogP contribution < -0.4 is 5.32 Å². The van der Waals surface area contributed by atoms with Crippen molar-refractivity contribution in [3.63, 3.8) is 0 Å². The van der Waals surface area contributed by atoms with Gasteiger partial charge in [-0.15, -0.1) is 0 Å². The summed E-state index contributed by atoms with van der Waals surface area (Å²) in [4.78, 5) is 4.70. The number of hydrogen-bond acceptors (Lipinski definition) is 3. The van der Waals surface area contributed by atoms with Crippen molar-refractivity contribution in [2.75, 3.05) is 12.4 Å². The SMILES string of the molecule is CC=NN(C)C(=S)Nc1c2ccccc2nc2ccccc12. The predicted molar refractivity (Wildman–Crippen MR) is 97.4 cm³/mol. The third-order valence-electron chi connectivity index (χ3n) is 3.40. The van der Waals surface area contributed by atoms with Gasteiger partial charge in [-0.3, -0.25) is 0 Å². The van der Waals surface area contributed by atoms with Crippen molar-refractivity contribution in [3.8, 4) is 0 Å². The molecule has 22 heavy (non-hydrogen) atoms. The molecule has 1 heterocycles. The summed E-state index contributed by atoms with van der Waals surface area (Å²) in [6.07, 6.45) is 1.71. The van der Waals surface area contributed by atoms with Crippen LogP contribution in [0, 0.1) is 0 Å². The fraction of sp³-hybridized carbons (Fsp3) is 0.118. The Morgan fingerprint density at radius 2 is 1.64 bits per heavy atom. The maximum Gasteiger partial charge on any atom is 0.193 e. The molecule has 3 rings (SSSR count). The van der Waals surface area contributed by atoms with Gasteiger partial charge in [-0.2, -0.15) is 5.10 Å². The highest BCUT2D eigenvalue weighted by Gasteiger charge is 2.11. The van der Waals surface area contributed by atoms with Crippen LogP contribution in [-0.4, -0.2) is 28.4 Å². The van der Waals surface area contributed by atoms with Gasteiger partial charge in [0.1, 0.15) is 0 Å². The Balaban J connectivity index is 2.18. The minimum absolute atomic E-state index is 0.541. The van der Waals surface area contributed by atoms with E-state index in [2.05, 4.69) is 10.4 Å². The van der Waals surface area contributed by atoms with Crippen molar-refractivity contribution < 1.29 is 0 Å². The van der Waals surface area contributed by atoms with Crippen LogP contribution in [0.4, 0.5) is 5.69 Å². The molecule has 0 unspecified atom stereocenters. The Hall–Kier alpha value is -2.53. The van der Waals surface area contributed by atoms with Crippen LogP contribution in [0.5, 0.6) is 0 Å². The summed E-state index contributed by atoms with van der Waals surface area (Å²) in [6, 6.07) is 16.1. The summed E-state index contributed by atoms with van der Waals surface area (Å²) < 4.78 is 0. The fourth-order valence-electron chi connectivity index (χ4n) is 2.39. The van der Waals surface area contributed by atoms with E-state index >= 15 is 0 Å². The van der Waals surface area contributed by atoms with E-state index in [1.54, 1.807) is 11.2 Å². The molecule has 0 aliphatic carbocycles. The number of nitrogens with zero attached hydrogens (tertiary/aromatic N) is 3. The summed E-state index contributed by atoms with van der Waals surface area (Å²) >= 11 is 5.43. The number of rotatable bonds is 2. The first-order chi connectivity index (χ1) is 10.7. The topological polar surface area (TPSA) is 40.5 Å². The normalized spacial score (nSPS) is 11.2. The Morgan fingerprint density at radius 3 is 2.18 bits per heavy atom. The summed E-state index contributed by atoms with van der Waals surface area (Å²) in [7, 11) is 1.82.